The van der Waals surface area contributed by atoms with Gasteiger partial charge in [-0.25, -0.2) is 0 Å². The van der Waals surface area contributed by atoms with Crippen molar-refractivity contribution in [1.29, 1.82) is 0 Å². The fourth-order valence-corrected chi connectivity index (χ4v) is 2.86. The minimum Gasteiger partial charge on any atom is -0.354 e. The summed E-state index contributed by atoms with van der Waals surface area (Å²) in [5.41, 5.74) is 4.38. The Hall–Kier alpha value is -2.63. The van der Waals surface area contributed by atoms with Crippen molar-refractivity contribution >= 4 is 16.8 Å². The van der Waals surface area contributed by atoms with Crippen molar-refractivity contribution in [3.8, 4) is 0 Å². The summed E-state index contributed by atoms with van der Waals surface area (Å²) in [5.74, 6) is 0.0350. The number of benzene rings is 1. The van der Waals surface area contributed by atoms with E-state index in [1.54, 1.807) is 0 Å². The van der Waals surface area contributed by atoms with Gasteiger partial charge in [0.25, 0.3) is 0 Å². The number of amides is 1. The van der Waals surface area contributed by atoms with Gasteiger partial charge in [0.2, 0.25) is 5.91 Å². The van der Waals surface area contributed by atoms with E-state index in [0.717, 1.165) is 22.3 Å². The molecule has 0 saturated heterocycles. The minimum atomic E-state index is 0.0350. The summed E-state index contributed by atoms with van der Waals surface area (Å²) in [7, 11) is 0. The van der Waals surface area contributed by atoms with Gasteiger partial charge in [-0.3, -0.25) is 14.2 Å². The van der Waals surface area contributed by atoms with Crippen LogP contribution >= 0.6 is 0 Å². The maximum absolute atomic E-state index is 12.0. The van der Waals surface area contributed by atoms with Crippen molar-refractivity contribution in [1.82, 2.24) is 24.9 Å². The Morgan fingerprint density at radius 3 is 2.71 bits per heavy atom. The maximum atomic E-state index is 12.0. The highest BCUT2D eigenvalue weighted by Crippen LogP contribution is 2.15. The summed E-state index contributed by atoms with van der Waals surface area (Å²) in [6, 6.07) is 8.26. The molecule has 1 aromatic carbocycles. The number of fused-ring (bicyclic) bond motifs is 1. The summed E-state index contributed by atoms with van der Waals surface area (Å²) >= 11 is 0. The minimum absolute atomic E-state index is 0.0350. The third kappa shape index (κ3) is 3.64. The van der Waals surface area contributed by atoms with Crippen molar-refractivity contribution in [2.45, 2.75) is 40.3 Å². The second-order valence-electron chi connectivity index (χ2n) is 6.18. The Kier molecular flexibility index (Phi) is 4.64. The van der Waals surface area contributed by atoms with E-state index in [1.165, 1.54) is 5.56 Å². The number of nitrogens with zero attached hydrogens (tertiary/aromatic N) is 4. The zero-order valence-corrected chi connectivity index (χ0v) is 14.4. The van der Waals surface area contributed by atoms with Crippen LogP contribution in [0.5, 0.6) is 0 Å². The summed E-state index contributed by atoms with van der Waals surface area (Å²) in [5, 5.41) is 12.8. The fourth-order valence-electron chi connectivity index (χ4n) is 2.86. The van der Waals surface area contributed by atoms with Crippen LogP contribution in [0, 0.1) is 20.8 Å². The standard InChI is InChI=1S/C18H23N5O/c1-13-4-5-16-12-20-23(17(16)10-13)8-6-18(24)19-7-9-22-15(3)11-14(2)21-22/h4-5,10-12H,6-9H2,1-3H3,(H,19,24). The highest BCUT2D eigenvalue weighted by Gasteiger charge is 2.07. The smallest absolute Gasteiger partial charge is 0.221 e. The number of aryl methyl sites for hydroxylation is 4. The molecule has 0 bridgehead atoms. The van der Waals surface area contributed by atoms with E-state index in [4.69, 9.17) is 0 Å². The number of hydrogen-bond acceptors (Lipinski definition) is 3. The first-order valence-electron chi connectivity index (χ1n) is 8.23. The lowest BCUT2D eigenvalue weighted by atomic mass is 10.2. The Morgan fingerprint density at radius 2 is 1.96 bits per heavy atom. The molecule has 1 amide bonds. The summed E-state index contributed by atoms with van der Waals surface area (Å²) in [4.78, 5) is 12.0. The highest BCUT2D eigenvalue weighted by atomic mass is 16.1. The predicted octanol–water partition coefficient (Wildman–Crippen LogP) is 2.36. The molecule has 3 rings (SSSR count). The molecule has 24 heavy (non-hydrogen) atoms. The van der Waals surface area contributed by atoms with E-state index >= 15 is 0 Å². The molecular formula is C18H23N5O. The molecule has 0 saturated carbocycles. The first-order valence-corrected chi connectivity index (χ1v) is 8.23. The molecule has 0 fully saturated rings. The second-order valence-corrected chi connectivity index (χ2v) is 6.18. The molecule has 6 heteroatoms. The number of aromatic nitrogens is 4. The molecule has 0 unspecified atom stereocenters. The SMILES string of the molecule is Cc1ccc2cnn(CCC(=O)NCCn3nc(C)cc3C)c2c1. The Bertz CT molecular complexity index is 862. The molecule has 0 atom stereocenters. The van der Waals surface area contributed by atoms with E-state index in [-0.39, 0.29) is 5.91 Å². The lowest BCUT2D eigenvalue weighted by Gasteiger charge is -2.08. The molecule has 3 aromatic rings. The number of carbonyl (C=O) groups is 1. The van der Waals surface area contributed by atoms with E-state index in [1.807, 2.05) is 35.5 Å². The molecular weight excluding hydrogens is 302 g/mol. The van der Waals surface area contributed by atoms with Crippen molar-refractivity contribution < 1.29 is 4.79 Å². The van der Waals surface area contributed by atoms with Gasteiger partial charge in [-0.05, 0) is 38.5 Å². The predicted molar refractivity (Wildman–Crippen MR) is 93.8 cm³/mol. The zero-order chi connectivity index (χ0) is 17.1. The molecule has 0 spiro atoms. The summed E-state index contributed by atoms with van der Waals surface area (Å²) < 4.78 is 3.81. The number of hydrogen-bond donors (Lipinski definition) is 1. The monoisotopic (exact) mass is 325 g/mol. The van der Waals surface area contributed by atoms with Gasteiger partial charge in [-0.15, -0.1) is 0 Å². The van der Waals surface area contributed by atoms with Crippen LogP contribution in [-0.2, 0) is 17.9 Å². The van der Waals surface area contributed by atoms with E-state index in [0.29, 0.717) is 26.1 Å². The number of nitrogens with one attached hydrogen (secondary N) is 1. The molecule has 6 nitrogen and oxygen atoms in total. The van der Waals surface area contributed by atoms with Crippen LogP contribution in [0.15, 0.2) is 30.5 Å². The first-order chi connectivity index (χ1) is 11.5. The van der Waals surface area contributed by atoms with Crippen molar-refractivity contribution in [3.05, 3.63) is 47.4 Å². The number of carbonyl (C=O) groups excluding carboxylic acids is 1. The first kappa shape index (κ1) is 16.2. The fraction of sp³-hybridized carbons (Fsp3) is 0.389. The quantitative estimate of drug-likeness (QED) is 0.757. The van der Waals surface area contributed by atoms with Gasteiger partial charge in [0.15, 0.2) is 0 Å². The third-order valence-electron chi connectivity index (χ3n) is 4.10. The maximum Gasteiger partial charge on any atom is 0.221 e. The van der Waals surface area contributed by atoms with Crippen LogP contribution < -0.4 is 5.32 Å². The molecule has 0 aliphatic carbocycles. The topological polar surface area (TPSA) is 64.7 Å². The van der Waals surface area contributed by atoms with Crippen LogP contribution in [0.25, 0.3) is 10.9 Å². The number of rotatable bonds is 6. The molecule has 1 N–H and O–H groups in total. The average molecular weight is 325 g/mol. The summed E-state index contributed by atoms with van der Waals surface area (Å²) in [6.45, 7) is 7.90. The highest BCUT2D eigenvalue weighted by molar-refractivity contribution is 5.80. The van der Waals surface area contributed by atoms with Gasteiger partial charge < -0.3 is 5.32 Å². The van der Waals surface area contributed by atoms with Gasteiger partial charge in [0, 0.05) is 24.0 Å². The molecule has 0 aliphatic heterocycles. The normalized spacial score (nSPS) is 11.1. The van der Waals surface area contributed by atoms with Crippen LogP contribution in [0.1, 0.15) is 23.4 Å². The molecule has 2 heterocycles. The van der Waals surface area contributed by atoms with Crippen LogP contribution in [0.4, 0.5) is 0 Å². The van der Waals surface area contributed by atoms with Gasteiger partial charge in [-0.2, -0.15) is 10.2 Å². The Morgan fingerprint density at radius 1 is 1.12 bits per heavy atom. The molecule has 2 aromatic heterocycles. The molecule has 0 radical (unpaired) electrons. The van der Waals surface area contributed by atoms with Crippen LogP contribution in [0.3, 0.4) is 0 Å². The summed E-state index contributed by atoms with van der Waals surface area (Å²) in [6.07, 6.45) is 2.26. The van der Waals surface area contributed by atoms with E-state index in [9.17, 15) is 4.79 Å². The lowest BCUT2D eigenvalue weighted by molar-refractivity contribution is -0.121. The van der Waals surface area contributed by atoms with Crippen molar-refractivity contribution in [2.75, 3.05) is 6.54 Å². The van der Waals surface area contributed by atoms with Gasteiger partial charge in [0.05, 0.1) is 30.5 Å². The molecule has 0 aliphatic rings. The van der Waals surface area contributed by atoms with E-state index in [2.05, 4.69) is 40.6 Å². The van der Waals surface area contributed by atoms with Crippen LogP contribution in [-0.4, -0.2) is 32.0 Å². The van der Waals surface area contributed by atoms with Gasteiger partial charge >= 0.3 is 0 Å². The Balaban J connectivity index is 1.50. The lowest BCUT2D eigenvalue weighted by Crippen LogP contribution is -2.28. The third-order valence-corrected chi connectivity index (χ3v) is 4.10. The zero-order valence-electron chi connectivity index (χ0n) is 14.4. The van der Waals surface area contributed by atoms with Crippen LogP contribution in [0.2, 0.25) is 0 Å². The Labute approximate surface area is 141 Å². The molecule has 126 valence electrons. The van der Waals surface area contributed by atoms with Gasteiger partial charge in [-0.1, -0.05) is 12.1 Å². The van der Waals surface area contributed by atoms with Crippen molar-refractivity contribution in [2.24, 2.45) is 0 Å². The largest absolute Gasteiger partial charge is 0.354 e. The van der Waals surface area contributed by atoms with E-state index < -0.39 is 0 Å². The van der Waals surface area contributed by atoms with Gasteiger partial charge in [0.1, 0.15) is 0 Å². The average Bonchev–Trinajstić information content (AvgIpc) is 3.08. The second kappa shape index (κ2) is 6.86. The van der Waals surface area contributed by atoms with Crippen molar-refractivity contribution in [3.63, 3.8) is 0 Å².